The molecular weight excluding hydrogens is 396 g/mol. The molecular formula is C24H24N2O3S. The van der Waals surface area contributed by atoms with Crippen molar-refractivity contribution in [3.05, 3.63) is 72.3 Å². The van der Waals surface area contributed by atoms with Crippen LogP contribution in [0.5, 0.6) is 5.75 Å². The summed E-state index contributed by atoms with van der Waals surface area (Å²) in [5.74, 6) is 1.29. The molecule has 0 unspecified atom stereocenters. The number of rotatable bonds is 4. The maximum atomic E-state index is 13.2. The Balaban J connectivity index is 1.49. The monoisotopic (exact) mass is 420 g/mol. The maximum Gasteiger partial charge on any atom is 0.262 e. The fraction of sp³-hybridized carbons (Fsp3) is 0.250. The van der Waals surface area contributed by atoms with Gasteiger partial charge in [0.05, 0.1) is 4.90 Å². The molecule has 1 fully saturated rings. The van der Waals surface area contributed by atoms with E-state index in [0.717, 1.165) is 42.6 Å². The zero-order chi connectivity index (χ0) is 20.6. The fourth-order valence-electron chi connectivity index (χ4n) is 4.44. The highest BCUT2D eigenvalue weighted by molar-refractivity contribution is 7.93. The number of hydrogen-bond acceptors (Lipinski definition) is 4. The predicted molar refractivity (Wildman–Crippen MR) is 120 cm³/mol. The van der Waals surface area contributed by atoms with E-state index in [4.69, 9.17) is 4.74 Å². The lowest BCUT2D eigenvalue weighted by Gasteiger charge is -2.29. The van der Waals surface area contributed by atoms with Gasteiger partial charge in [0.1, 0.15) is 12.4 Å². The van der Waals surface area contributed by atoms with E-state index in [9.17, 15) is 8.42 Å². The molecule has 0 spiro atoms. The molecule has 2 heterocycles. The molecule has 1 saturated heterocycles. The first kappa shape index (κ1) is 19.2. The second-order valence-electron chi connectivity index (χ2n) is 7.79. The molecule has 0 radical (unpaired) electrons. The SMILES string of the molecule is O=S(=O)(Nc1ccc2c(c1)C(C1CCNCC1)=CCO2)c1cccc2ccccc12. The van der Waals surface area contributed by atoms with E-state index in [2.05, 4.69) is 16.1 Å². The number of sulfonamides is 1. The van der Waals surface area contributed by atoms with Crippen LogP contribution in [0, 0.1) is 5.92 Å². The average Bonchev–Trinajstić information content (AvgIpc) is 2.78. The summed E-state index contributed by atoms with van der Waals surface area (Å²) in [5.41, 5.74) is 2.81. The molecule has 0 atom stereocenters. The van der Waals surface area contributed by atoms with Crippen LogP contribution in [0.25, 0.3) is 16.3 Å². The predicted octanol–water partition coefficient (Wildman–Crippen LogP) is 4.42. The van der Waals surface area contributed by atoms with Gasteiger partial charge in [-0.15, -0.1) is 0 Å². The third kappa shape index (κ3) is 3.57. The number of nitrogens with one attached hydrogen (secondary N) is 2. The van der Waals surface area contributed by atoms with Crippen molar-refractivity contribution >= 4 is 32.1 Å². The summed E-state index contributed by atoms with van der Waals surface area (Å²) in [6, 6.07) is 18.4. The molecule has 3 aromatic rings. The second-order valence-corrected chi connectivity index (χ2v) is 9.44. The topological polar surface area (TPSA) is 67.4 Å². The van der Waals surface area contributed by atoms with Crippen molar-refractivity contribution in [2.75, 3.05) is 24.4 Å². The number of fused-ring (bicyclic) bond motifs is 2. The summed E-state index contributed by atoms with van der Waals surface area (Å²) in [5, 5.41) is 5.01. The van der Waals surface area contributed by atoms with Crippen LogP contribution in [-0.4, -0.2) is 28.1 Å². The molecule has 30 heavy (non-hydrogen) atoms. The lowest BCUT2D eigenvalue weighted by Crippen LogP contribution is -2.29. The van der Waals surface area contributed by atoms with Crippen LogP contribution in [-0.2, 0) is 10.0 Å². The summed E-state index contributed by atoms with van der Waals surface area (Å²) in [6.07, 6.45) is 4.30. The number of hydrogen-bond donors (Lipinski definition) is 2. The van der Waals surface area contributed by atoms with Crippen molar-refractivity contribution in [2.24, 2.45) is 5.92 Å². The number of anilines is 1. The molecule has 0 amide bonds. The minimum absolute atomic E-state index is 0.281. The molecule has 6 heteroatoms. The van der Waals surface area contributed by atoms with Crippen molar-refractivity contribution < 1.29 is 13.2 Å². The lowest BCUT2D eigenvalue weighted by atomic mass is 9.84. The molecule has 3 aromatic carbocycles. The second kappa shape index (κ2) is 7.78. The van der Waals surface area contributed by atoms with Gasteiger partial charge in [0.2, 0.25) is 0 Å². The van der Waals surface area contributed by atoms with Gasteiger partial charge < -0.3 is 10.1 Å². The zero-order valence-electron chi connectivity index (χ0n) is 16.6. The van der Waals surface area contributed by atoms with E-state index in [1.165, 1.54) is 5.57 Å². The molecule has 0 aromatic heterocycles. The van der Waals surface area contributed by atoms with Crippen LogP contribution >= 0.6 is 0 Å². The number of piperidine rings is 1. The van der Waals surface area contributed by atoms with E-state index in [1.807, 2.05) is 42.5 Å². The van der Waals surface area contributed by atoms with Gasteiger partial charge in [-0.25, -0.2) is 8.42 Å². The Kier molecular flexibility index (Phi) is 4.97. The Morgan fingerprint density at radius 2 is 1.77 bits per heavy atom. The number of ether oxygens (including phenoxy) is 1. The van der Waals surface area contributed by atoms with Crippen molar-refractivity contribution in [3.8, 4) is 5.75 Å². The minimum Gasteiger partial charge on any atom is -0.489 e. The highest BCUT2D eigenvalue weighted by Crippen LogP contribution is 2.39. The molecule has 0 bridgehead atoms. The third-order valence-electron chi connectivity index (χ3n) is 5.90. The normalized spacial score (nSPS) is 17.1. The van der Waals surface area contributed by atoms with Gasteiger partial charge in [-0.2, -0.15) is 0 Å². The van der Waals surface area contributed by atoms with Crippen LogP contribution in [0.2, 0.25) is 0 Å². The summed E-state index contributed by atoms with van der Waals surface area (Å²) in [4.78, 5) is 0.281. The fourth-order valence-corrected chi connectivity index (χ4v) is 5.72. The zero-order valence-corrected chi connectivity index (χ0v) is 17.4. The molecule has 0 saturated carbocycles. The standard InChI is InChI=1S/C24H24N2O3S/c27-30(28,24-7-3-5-17-4-1-2-6-21(17)24)26-19-8-9-23-22(16-19)20(12-15-29-23)18-10-13-25-14-11-18/h1-9,12,16,18,25-26H,10-11,13-15H2. The Labute approximate surface area is 176 Å². The third-order valence-corrected chi connectivity index (χ3v) is 7.34. The van der Waals surface area contributed by atoms with Gasteiger partial charge in [0.25, 0.3) is 10.0 Å². The van der Waals surface area contributed by atoms with Gasteiger partial charge >= 0.3 is 0 Å². The van der Waals surface area contributed by atoms with Crippen molar-refractivity contribution in [2.45, 2.75) is 17.7 Å². The first-order valence-electron chi connectivity index (χ1n) is 10.3. The van der Waals surface area contributed by atoms with Crippen molar-refractivity contribution in [1.82, 2.24) is 5.32 Å². The summed E-state index contributed by atoms with van der Waals surface area (Å²) in [6.45, 7) is 2.57. The van der Waals surface area contributed by atoms with Crippen molar-refractivity contribution in [1.29, 1.82) is 0 Å². The Bertz CT molecular complexity index is 1220. The molecule has 5 nitrogen and oxygen atoms in total. The largest absolute Gasteiger partial charge is 0.489 e. The highest BCUT2D eigenvalue weighted by Gasteiger charge is 2.25. The van der Waals surface area contributed by atoms with Crippen LogP contribution in [0.1, 0.15) is 18.4 Å². The van der Waals surface area contributed by atoms with Gasteiger partial charge in [-0.1, -0.05) is 36.4 Å². The highest BCUT2D eigenvalue weighted by atomic mass is 32.2. The number of allylic oxidation sites excluding steroid dienone is 1. The van der Waals surface area contributed by atoms with Crippen LogP contribution in [0.15, 0.2) is 71.6 Å². The Hall–Kier alpha value is -2.83. The van der Waals surface area contributed by atoms with E-state index in [1.54, 1.807) is 18.2 Å². The van der Waals surface area contributed by atoms with Gasteiger partial charge in [0, 0.05) is 16.6 Å². The smallest absolute Gasteiger partial charge is 0.262 e. The first-order chi connectivity index (χ1) is 14.6. The van der Waals surface area contributed by atoms with Crippen LogP contribution in [0.3, 0.4) is 0 Å². The maximum absolute atomic E-state index is 13.2. The molecule has 2 N–H and O–H groups in total. The van der Waals surface area contributed by atoms with Crippen LogP contribution < -0.4 is 14.8 Å². The first-order valence-corrected chi connectivity index (χ1v) is 11.8. The molecule has 2 aliphatic rings. The summed E-state index contributed by atoms with van der Waals surface area (Å²) < 4.78 is 35.0. The average molecular weight is 421 g/mol. The van der Waals surface area contributed by atoms with Crippen LogP contribution in [0.4, 0.5) is 5.69 Å². The van der Waals surface area contributed by atoms with E-state index in [-0.39, 0.29) is 4.90 Å². The Morgan fingerprint density at radius 3 is 2.63 bits per heavy atom. The molecule has 154 valence electrons. The minimum atomic E-state index is -3.73. The van der Waals surface area contributed by atoms with Crippen molar-refractivity contribution in [3.63, 3.8) is 0 Å². The van der Waals surface area contributed by atoms with E-state index < -0.39 is 10.0 Å². The van der Waals surface area contributed by atoms with Gasteiger partial charge in [0.15, 0.2) is 0 Å². The van der Waals surface area contributed by atoms with Gasteiger partial charge in [-0.3, -0.25) is 4.72 Å². The summed E-state index contributed by atoms with van der Waals surface area (Å²) in [7, 11) is -3.73. The van der Waals surface area contributed by atoms with Gasteiger partial charge in [-0.05, 0) is 73.1 Å². The Morgan fingerprint density at radius 1 is 0.967 bits per heavy atom. The van der Waals surface area contributed by atoms with E-state index >= 15 is 0 Å². The quantitative estimate of drug-likeness (QED) is 0.656. The molecule has 0 aliphatic carbocycles. The summed E-state index contributed by atoms with van der Waals surface area (Å²) >= 11 is 0. The molecule has 2 aliphatic heterocycles. The molecule has 5 rings (SSSR count). The number of benzene rings is 3. The van der Waals surface area contributed by atoms with E-state index in [0.29, 0.717) is 23.6 Å². The lowest BCUT2D eigenvalue weighted by molar-refractivity contribution is 0.351.